The van der Waals surface area contributed by atoms with E-state index in [9.17, 15) is 22.4 Å². The first-order chi connectivity index (χ1) is 19.8. The van der Waals surface area contributed by atoms with Crippen LogP contribution < -0.4 is 10.1 Å². The number of rotatable bonds is 5. The second-order valence-electron chi connectivity index (χ2n) is 11.0. The number of nitrogens with zero attached hydrogens (tertiary/aromatic N) is 5. The summed E-state index contributed by atoms with van der Waals surface area (Å²) in [7, 11) is 1.50. The Morgan fingerprint density at radius 3 is 2.57 bits per heavy atom. The maximum absolute atomic E-state index is 14.1. The van der Waals surface area contributed by atoms with Crippen LogP contribution in [0.3, 0.4) is 0 Å². The smallest absolute Gasteiger partial charge is 0.419 e. The van der Waals surface area contributed by atoms with Gasteiger partial charge in [0.25, 0.3) is 0 Å². The van der Waals surface area contributed by atoms with E-state index >= 15 is 0 Å². The van der Waals surface area contributed by atoms with E-state index in [4.69, 9.17) is 9.47 Å². The molecule has 0 aliphatic carbocycles. The highest BCUT2D eigenvalue weighted by molar-refractivity contribution is 5.84. The molecule has 1 fully saturated rings. The molecule has 0 unspecified atom stereocenters. The summed E-state index contributed by atoms with van der Waals surface area (Å²) in [5.41, 5.74) is -0.980. The van der Waals surface area contributed by atoms with Crippen LogP contribution in [-0.4, -0.2) is 62.4 Å². The third-order valence-corrected chi connectivity index (χ3v) is 6.67. The lowest BCUT2D eigenvalue weighted by Crippen LogP contribution is -2.47. The van der Waals surface area contributed by atoms with Gasteiger partial charge in [0.15, 0.2) is 0 Å². The predicted molar refractivity (Wildman–Crippen MR) is 148 cm³/mol. The number of amides is 1. The third kappa shape index (κ3) is 6.24. The molecule has 9 nitrogen and oxygen atoms in total. The average molecular weight is 587 g/mol. The average Bonchev–Trinajstić information content (AvgIpc) is 3.31. The highest BCUT2D eigenvalue weighted by Gasteiger charge is 2.35. The Labute approximate surface area is 239 Å². The van der Waals surface area contributed by atoms with Gasteiger partial charge in [-0.05, 0) is 70.0 Å². The van der Waals surface area contributed by atoms with Gasteiger partial charge >= 0.3 is 12.3 Å². The molecule has 4 aromatic rings. The van der Waals surface area contributed by atoms with Crippen LogP contribution in [0.2, 0.25) is 0 Å². The number of fused-ring (bicyclic) bond motifs is 1. The third-order valence-electron chi connectivity index (χ3n) is 6.67. The molecule has 2 aromatic carbocycles. The fourth-order valence-corrected chi connectivity index (χ4v) is 4.80. The summed E-state index contributed by atoms with van der Waals surface area (Å²) >= 11 is 0. The molecule has 13 heteroatoms. The zero-order valence-corrected chi connectivity index (χ0v) is 23.5. The number of aromatic nitrogens is 4. The largest absolute Gasteiger partial charge is 0.497 e. The van der Waals surface area contributed by atoms with Gasteiger partial charge < -0.3 is 19.7 Å². The van der Waals surface area contributed by atoms with Crippen molar-refractivity contribution >= 4 is 23.1 Å². The molecular formula is C29H30F4N6O3. The molecule has 5 rings (SSSR count). The van der Waals surface area contributed by atoms with Crippen LogP contribution >= 0.6 is 0 Å². The number of anilines is 1. The lowest BCUT2D eigenvalue weighted by Gasteiger charge is -2.34. The number of imidazole rings is 1. The van der Waals surface area contributed by atoms with Gasteiger partial charge in [-0.25, -0.2) is 19.2 Å². The van der Waals surface area contributed by atoms with Gasteiger partial charge in [0, 0.05) is 37.0 Å². The van der Waals surface area contributed by atoms with Gasteiger partial charge in [0.1, 0.15) is 28.8 Å². The van der Waals surface area contributed by atoms with Crippen molar-refractivity contribution in [2.75, 3.05) is 25.5 Å². The Morgan fingerprint density at radius 1 is 1.07 bits per heavy atom. The molecule has 1 saturated heterocycles. The Balaban J connectivity index is 1.52. The van der Waals surface area contributed by atoms with Crippen LogP contribution in [0.5, 0.6) is 5.75 Å². The van der Waals surface area contributed by atoms with E-state index in [0.717, 1.165) is 25.0 Å². The summed E-state index contributed by atoms with van der Waals surface area (Å²) in [4.78, 5) is 27.8. The standard InChI is InChI=1S/C29H30F4N6O3/c1-28(2,3)42-27(40)38-13-5-6-18(16-38)35-26-34-12-11-24(37-26)39-23-15-19(41-4)8-10-22(23)36-25(39)17-7-9-21(30)20(14-17)29(31,32)33/h7-12,14-15,18H,5-6,13,16H2,1-4H3,(H,34,35,37)/t18-/m0/s1. The van der Waals surface area contributed by atoms with Gasteiger partial charge in [0.2, 0.25) is 5.95 Å². The molecule has 1 aliphatic heterocycles. The number of likely N-dealkylation sites (tertiary alicyclic amines) is 1. The number of carbonyl (C=O) groups excluding carboxylic acids is 1. The monoisotopic (exact) mass is 586 g/mol. The molecule has 3 heterocycles. The molecule has 1 amide bonds. The van der Waals surface area contributed by atoms with Gasteiger partial charge in [-0.2, -0.15) is 18.2 Å². The van der Waals surface area contributed by atoms with Gasteiger partial charge in [-0.15, -0.1) is 0 Å². The zero-order valence-electron chi connectivity index (χ0n) is 23.5. The minimum Gasteiger partial charge on any atom is -0.497 e. The van der Waals surface area contributed by atoms with E-state index < -0.39 is 29.3 Å². The van der Waals surface area contributed by atoms with E-state index in [1.54, 1.807) is 33.7 Å². The van der Waals surface area contributed by atoms with Crippen LogP contribution in [0.25, 0.3) is 28.2 Å². The Bertz CT molecular complexity index is 1620. The van der Waals surface area contributed by atoms with Crippen LogP contribution in [0.15, 0.2) is 48.7 Å². The summed E-state index contributed by atoms with van der Waals surface area (Å²) in [6.45, 7) is 6.38. The van der Waals surface area contributed by atoms with Crippen LogP contribution in [0.4, 0.5) is 28.3 Å². The predicted octanol–water partition coefficient (Wildman–Crippen LogP) is 6.46. The Morgan fingerprint density at radius 2 is 1.86 bits per heavy atom. The SMILES string of the molecule is COc1ccc2nc(-c3ccc(F)c(C(F)(F)F)c3)n(-c3ccnc(N[C@H]4CCCN(C(=O)OC(C)(C)C)C4)n3)c2c1. The van der Waals surface area contributed by atoms with Gasteiger partial charge in [0.05, 0.1) is 23.7 Å². The fourth-order valence-electron chi connectivity index (χ4n) is 4.80. The summed E-state index contributed by atoms with van der Waals surface area (Å²) in [6.07, 6.45) is -2.26. The van der Waals surface area contributed by atoms with E-state index in [2.05, 4.69) is 20.3 Å². The van der Waals surface area contributed by atoms with Crippen molar-refractivity contribution < 1.29 is 31.8 Å². The van der Waals surface area contributed by atoms with E-state index in [-0.39, 0.29) is 23.4 Å². The van der Waals surface area contributed by atoms with Crippen molar-refractivity contribution in [1.82, 2.24) is 24.4 Å². The number of halogens is 4. The highest BCUT2D eigenvalue weighted by atomic mass is 19.4. The van der Waals surface area contributed by atoms with Gasteiger partial charge in [-0.3, -0.25) is 4.57 Å². The Kier molecular flexibility index (Phi) is 7.69. The molecular weight excluding hydrogens is 556 g/mol. The first-order valence-electron chi connectivity index (χ1n) is 13.3. The van der Waals surface area contributed by atoms with Crippen molar-refractivity contribution in [3.8, 4) is 23.0 Å². The highest BCUT2D eigenvalue weighted by Crippen LogP contribution is 2.36. The lowest BCUT2D eigenvalue weighted by atomic mass is 10.1. The van der Waals surface area contributed by atoms with E-state index in [1.807, 2.05) is 20.8 Å². The molecule has 2 aromatic heterocycles. The molecule has 0 spiro atoms. The quantitative estimate of drug-likeness (QED) is 0.268. The number of methoxy groups -OCH3 is 1. The normalized spacial score (nSPS) is 16.0. The summed E-state index contributed by atoms with van der Waals surface area (Å²) in [5, 5.41) is 3.27. The van der Waals surface area contributed by atoms with Crippen molar-refractivity contribution in [3.05, 3.63) is 60.0 Å². The van der Waals surface area contributed by atoms with E-state index in [1.165, 1.54) is 19.4 Å². The van der Waals surface area contributed by atoms with Crippen molar-refractivity contribution in [3.63, 3.8) is 0 Å². The fraction of sp³-hybridized carbons (Fsp3) is 0.379. The van der Waals surface area contributed by atoms with Crippen molar-refractivity contribution in [2.24, 2.45) is 0 Å². The maximum Gasteiger partial charge on any atom is 0.419 e. The molecule has 0 saturated carbocycles. The molecule has 0 bridgehead atoms. The van der Waals surface area contributed by atoms with Crippen LogP contribution in [0.1, 0.15) is 39.2 Å². The molecule has 222 valence electrons. The molecule has 42 heavy (non-hydrogen) atoms. The molecule has 1 N–H and O–H groups in total. The number of piperidine rings is 1. The minimum atomic E-state index is -4.89. The first-order valence-corrected chi connectivity index (χ1v) is 13.3. The van der Waals surface area contributed by atoms with Crippen molar-refractivity contribution in [1.29, 1.82) is 0 Å². The minimum absolute atomic E-state index is 0.0484. The second-order valence-corrected chi connectivity index (χ2v) is 11.0. The Hall–Kier alpha value is -4.42. The summed E-state index contributed by atoms with van der Waals surface area (Å²) < 4.78 is 67.2. The number of hydrogen-bond donors (Lipinski definition) is 1. The maximum atomic E-state index is 14.1. The number of alkyl halides is 3. The van der Waals surface area contributed by atoms with Gasteiger partial charge in [-0.1, -0.05) is 0 Å². The second kappa shape index (κ2) is 11.1. The zero-order chi connectivity index (χ0) is 30.2. The van der Waals surface area contributed by atoms with Crippen molar-refractivity contribution in [2.45, 2.75) is 51.4 Å². The van der Waals surface area contributed by atoms with Crippen LogP contribution in [-0.2, 0) is 10.9 Å². The number of carbonyl (C=O) groups is 1. The summed E-state index contributed by atoms with van der Waals surface area (Å²) in [6, 6.07) is 9.23. The summed E-state index contributed by atoms with van der Waals surface area (Å²) in [5.74, 6) is -0.174. The number of benzene rings is 2. The molecule has 1 atom stereocenters. The molecule has 0 radical (unpaired) electrons. The number of hydrogen-bond acceptors (Lipinski definition) is 7. The van der Waals surface area contributed by atoms with Crippen LogP contribution in [0, 0.1) is 5.82 Å². The first kappa shape index (κ1) is 29.1. The number of ether oxygens (including phenoxy) is 2. The number of nitrogens with one attached hydrogen (secondary N) is 1. The topological polar surface area (TPSA) is 94.4 Å². The lowest BCUT2D eigenvalue weighted by molar-refractivity contribution is -0.139. The van der Waals surface area contributed by atoms with E-state index in [0.29, 0.717) is 35.7 Å². The molecule has 1 aliphatic rings.